The Morgan fingerprint density at radius 2 is 2.11 bits per heavy atom. The third kappa shape index (κ3) is 2.05. The van der Waals surface area contributed by atoms with E-state index in [2.05, 4.69) is 16.2 Å². The molecule has 0 unspecified atom stereocenters. The quantitative estimate of drug-likeness (QED) is 0.831. The Hall–Kier alpha value is -2.35. The molecule has 0 spiro atoms. The number of aromatic nitrogens is 3. The summed E-state index contributed by atoms with van der Waals surface area (Å²) in [4.78, 5) is 4.43. The summed E-state index contributed by atoms with van der Waals surface area (Å²) in [5.74, 6) is 1.64. The summed E-state index contributed by atoms with van der Waals surface area (Å²) >= 11 is 0. The van der Waals surface area contributed by atoms with Crippen molar-refractivity contribution in [3.63, 3.8) is 0 Å². The van der Waals surface area contributed by atoms with Crippen LogP contribution in [-0.4, -0.2) is 14.8 Å². The Labute approximate surface area is 106 Å². The second-order valence-corrected chi connectivity index (χ2v) is 3.95. The summed E-state index contributed by atoms with van der Waals surface area (Å²) in [6.07, 6.45) is 1.54. The third-order valence-electron chi connectivity index (χ3n) is 2.74. The van der Waals surface area contributed by atoms with Crippen molar-refractivity contribution >= 4 is 5.69 Å². The predicted molar refractivity (Wildman–Crippen MR) is 69.2 cm³/mol. The molecule has 1 heterocycles. The Morgan fingerprint density at radius 3 is 2.72 bits per heavy atom. The van der Waals surface area contributed by atoms with Crippen molar-refractivity contribution in [1.82, 2.24) is 14.8 Å². The van der Waals surface area contributed by atoms with Gasteiger partial charge in [-0.15, -0.1) is 0 Å². The first-order valence-corrected chi connectivity index (χ1v) is 5.94. The van der Waals surface area contributed by atoms with Gasteiger partial charge in [0.2, 0.25) is 0 Å². The minimum absolute atomic E-state index is 0.565. The summed E-state index contributed by atoms with van der Waals surface area (Å²) in [5.41, 5.74) is 7.83. The zero-order chi connectivity index (χ0) is 13.1. The van der Waals surface area contributed by atoms with Crippen molar-refractivity contribution in [3.8, 4) is 11.8 Å². The molecule has 92 valence electrons. The second-order valence-electron chi connectivity index (χ2n) is 3.95. The van der Waals surface area contributed by atoms with Crippen LogP contribution < -0.4 is 5.73 Å². The maximum absolute atomic E-state index is 8.94. The number of hydrogen-bond acceptors (Lipinski definition) is 4. The highest BCUT2D eigenvalue weighted by Gasteiger charge is 2.12. The summed E-state index contributed by atoms with van der Waals surface area (Å²) in [7, 11) is 0. The molecule has 5 nitrogen and oxygen atoms in total. The Kier molecular flexibility index (Phi) is 3.28. The number of rotatable bonds is 3. The van der Waals surface area contributed by atoms with Crippen LogP contribution in [0.15, 0.2) is 18.2 Å². The van der Waals surface area contributed by atoms with E-state index in [1.165, 1.54) is 0 Å². The van der Waals surface area contributed by atoms with Crippen LogP contribution in [0.3, 0.4) is 0 Å². The van der Waals surface area contributed by atoms with E-state index in [9.17, 15) is 0 Å². The first-order valence-electron chi connectivity index (χ1n) is 5.94. The third-order valence-corrected chi connectivity index (χ3v) is 2.74. The first kappa shape index (κ1) is 12.1. The van der Waals surface area contributed by atoms with E-state index in [0.717, 1.165) is 30.2 Å². The molecule has 0 saturated heterocycles. The molecule has 0 atom stereocenters. The summed E-state index contributed by atoms with van der Waals surface area (Å²) in [6, 6.07) is 7.26. The van der Waals surface area contributed by atoms with Crippen molar-refractivity contribution < 1.29 is 0 Å². The van der Waals surface area contributed by atoms with Crippen LogP contribution in [0.2, 0.25) is 0 Å². The number of anilines is 1. The van der Waals surface area contributed by atoms with Gasteiger partial charge in [-0.3, -0.25) is 0 Å². The molecule has 0 saturated carbocycles. The van der Waals surface area contributed by atoms with E-state index >= 15 is 0 Å². The number of benzene rings is 1. The Bertz CT molecular complexity index is 606. The van der Waals surface area contributed by atoms with E-state index in [-0.39, 0.29) is 0 Å². The molecule has 5 heteroatoms. The van der Waals surface area contributed by atoms with Crippen molar-refractivity contribution in [2.45, 2.75) is 26.7 Å². The molecule has 0 aliphatic carbocycles. The fourth-order valence-electron chi connectivity index (χ4n) is 1.76. The van der Waals surface area contributed by atoms with Crippen LogP contribution in [0, 0.1) is 11.3 Å². The molecule has 2 aromatic rings. The van der Waals surface area contributed by atoms with Crippen molar-refractivity contribution in [1.29, 1.82) is 5.26 Å². The number of hydrogen-bond donors (Lipinski definition) is 1. The van der Waals surface area contributed by atoms with Gasteiger partial charge >= 0.3 is 0 Å². The van der Waals surface area contributed by atoms with Gasteiger partial charge in [0.15, 0.2) is 5.82 Å². The molecular formula is C13H15N5. The smallest absolute Gasteiger partial charge is 0.151 e. The Morgan fingerprint density at radius 1 is 1.33 bits per heavy atom. The monoisotopic (exact) mass is 241 g/mol. The lowest BCUT2D eigenvalue weighted by Gasteiger charge is -2.07. The normalized spacial score (nSPS) is 10.3. The number of nitriles is 1. The van der Waals surface area contributed by atoms with Crippen molar-refractivity contribution in [3.05, 3.63) is 35.4 Å². The molecule has 2 N–H and O–H groups in total. The lowest BCUT2D eigenvalue weighted by Crippen LogP contribution is -2.06. The molecule has 0 bridgehead atoms. The van der Waals surface area contributed by atoms with Gasteiger partial charge in [-0.05, 0) is 18.2 Å². The number of aryl methyl sites for hydroxylation is 2. The van der Waals surface area contributed by atoms with Crippen molar-refractivity contribution in [2.75, 3.05) is 5.73 Å². The zero-order valence-electron chi connectivity index (χ0n) is 10.5. The van der Waals surface area contributed by atoms with Crippen LogP contribution in [0.1, 0.15) is 31.1 Å². The molecule has 2 rings (SSSR count). The number of nitrogens with zero attached hydrogens (tertiary/aromatic N) is 4. The van der Waals surface area contributed by atoms with Gasteiger partial charge in [0.25, 0.3) is 0 Å². The zero-order valence-corrected chi connectivity index (χ0v) is 10.5. The molecule has 1 aromatic carbocycles. The SMILES string of the molecule is CCc1nc(CC)n(-c2cc(C#N)ccc2N)n1. The predicted octanol–water partition coefficient (Wildman–Crippen LogP) is 1.85. The van der Waals surface area contributed by atoms with Crippen LogP contribution in [-0.2, 0) is 12.8 Å². The lowest BCUT2D eigenvalue weighted by molar-refractivity contribution is 0.792. The average molecular weight is 241 g/mol. The molecule has 0 radical (unpaired) electrons. The standard InChI is InChI=1S/C13H15N5/c1-3-12-16-13(4-2)18(17-12)11-7-9(8-14)5-6-10(11)15/h5-7H,3-4,15H2,1-2H3. The first-order chi connectivity index (χ1) is 8.69. The highest BCUT2D eigenvalue weighted by atomic mass is 15.4. The summed E-state index contributed by atoms with van der Waals surface area (Å²) < 4.78 is 1.73. The van der Waals surface area contributed by atoms with Crippen LogP contribution in [0.25, 0.3) is 5.69 Å². The Balaban J connectivity index is 2.60. The number of nitrogens with two attached hydrogens (primary N) is 1. The fourth-order valence-corrected chi connectivity index (χ4v) is 1.76. The number of nitrogen functional groups attached to an aromatic ring is 1. The minimum Gasteiger partial charge on any atom is -0.397 e. The van der Waals surface area contributed by atoms with E-state index in [0.29, 0.717) is 11.3 Å². The molecule has 0 fully saturated rings. The van der Waals surface area contributed by atoms with Gasteiger partial charge in [-0.1, -0.05) is 13.8 Å². The molecule has 0 aliphatic rings. The van der Waals surface area contributed by atoms with E-state index in [1.807, 2.05) is 13.8 Å². The van der Waals surface area contributed by atoms with Crippen LogP contribution in [0.4, 0.5) is 5.69 Å². The van der Waals surface area contributed by atoms with Crippen LogP contribution >= 0.6 is 0 Å². The van der Waals surface area contributed by atoms with Gasteiger partial charge in [0, 0.05) is 12.8 Å². The maximum atomic E-state index is 8.94. The average Bonchev–Trinajstić information content (AvgIpc) is 2.82. The lowest BCUT2D eigenvalue weighted by atomic mass is 10.2. The van der Waals surface area contributed by atoms with Gasteiger partial charge < -0.3 is 5.73 Å². The van der Waals surface area contributed by atoms with E-state index in [4.69, 9.17) is 11.0 Å². The summed E-state index contributed by atoms with van der Waals surface area (Å²) in [6.45, 7) is 4.03. The minimum atomic E-state index is 0.565. The molecule has 0 amide bonds. The van der Waals surface area contributed by atoms with Crippen LogP contribution in [0.5, 0.6) is 0 Å². The molecule has 18 heavy (non-hydrogen) atoms. The molecule has 0 aliphatic heterocycles. The van der Waals surface area contributed by atoms with E-state index < -0.39 is 0 Å². The molecular weight excluding hydrogens is 226 g/mol. The van der Waals surface area contributed by atoms with Crippen molar-refractivity contribution in [2.24, 2.45) is 0 Å². The topological polar surface area (TPSA) is 80.5 Å². The van der Waals surface area contributed by atoms with Gasteiger partial charge in [0.1, 0.15) is 5.82 Å². The van der Waals surface area contributed by atoms with Gasteiger partial charge in [-0.25, -0.2) is 9.67 Å². The maximum Gasteiger partial charge on any atom is 0.151 e. The molecule has 1 aromatic heterocycles. The van der Waals surface area contributed by atoms with E-state index in [1.54, 1.807) is 22.9 Å². The van der Waals surface area contributed by atoms with Gasteiger partial charge in [-0.2, -0.15) is 10.4 Å². The summed E-state index contributed by atoms with van der Waals surface area (Å²) in [5, 5.41) is 13.4. The second kappa shape index (κ2) is 4.88. The fraction of sp³-hybridized carbons (Fsp3) is 0.308. The van der Waals surface area contributed by atoms with Gasteiger partial charge in [0.05, 0.1) is 23.0 Å². The largest absolute Gasteiger partial charge is 0.397 e. The highest BCUT2D eigenvalue weighted by Crippen LogP contribution is 2.20. The highest BCUT2D eigenvalue weighted by molar-refractivity contribution is 5.60.